The van der Waals surface area contributed by atoms with Gasteiger partial charge >= 0.3 is 0 Å². The number of aryl methyl sites for hydroxylation is 1. The van der Waals surface area contributed by atoms with Crippen LogP contribution in [0.3, 0.4) is 0 Å². The van der Waals surface area contributed by atoms with Gasteiger partial charge in [0.15, 0.2) is 17.8 Å². The van der Waals surface area contributed by atoms with Crippen LogP contribution in [0.1, 0.15) is 28.8 Å². The van der Waals surface area contributed by atoms with E-state index in [4.69, 9.17) is 14.2 Å². The van der Waals surface area contributed by atoms with E-state index < -0.39 is 0 Å². The van der Waals surface area contributed by atoms with Crippen molar-refractivity contribution in [3.8, 4) is 17.2 Å². The summed E-state index contributed by atoms with van der Waals surface area (Å²) < 4.78 is 16.7. The lowest BCUT2D eigenvalue weighted by molar-refractivity contribution is 0.111. The molecule has 0 bridgehead atoms. The van der Waals surface area contributed by atoms with E-state index in [1.54, 1.807) is 19.2 Å². The van der Waals surface area contributed by atoms with E-state index >= 15 is 0 Å². The highest BCUT2D eigenvalue weighted by atomic mass is 16.5. The fourth-order valence-electron chi connectivity index (χ4n) is 2.17. The largest absolute Gasteiger partial charge is 0.493 e. The molecule has 0 spiro atoms. The number of unbranched alkanes of at least 4 members (excludes halogenated alkanes) is 1. The van der Waals surface area contributed by atoms with Crippen molar-refractivity contribution in [2.45, 2.75) is 19.8 Å². The fourth-order valence-corrected chi connectivity index (χ4v) is 2.17. The number of carbonyl (C=O) groups is 1. The molecule has 0 radical (unpaired) electrons. The highest BCUT2D eigenvalue weighted by molar-refractivity contribution is 5.79. The summed E-state index contributed by atoms with van der Waals surface area (Å²) >= 11 is 0. The molecule has 4 heteroatoms. The smallest absolute Gasteiger partial charge is 0.161 e. The Kier molecular flexibility index (Phi) is 6.48. The quantitative estimate of drug-likeness (QED) is 0.517. The Hall–Kier alpha value is -2.49. The summed E-state index contributed by atoms with van der Waals surface area (Å²) in [5, 5.41) is 0. The van der Waals surface area contributed by atoms with Crippen molar-refractivity contribution in [1.82, 2.24) is 0 Å². The third kappa shape index (κ3) is 5.02. The number of para-hydroxylation sites is 1. The predicted octanol–water partition coefficient (Wildman–Crippen LogP) is 4.05. The molecule has 0 saturated heterocycles. The minimum Gasteiger partial charge on any atom is -0.493 e. The van der Waals surface area contributed by atoms with E-state index in [-0.39, 0.29) is 0 Å². The van der Waals surface area contributed by atoms with Crippen molar-refractivity contribution >= 4 is 6.29 Å². The van der Waals surface area contributed by atoms with Crippen LogP contribution in [0.5, 0.6) is 17.2 Å². The summed E-state index contributed by atoms with van der Waals surface area (Å²) in [6.07, 6.45) is 2.52. The summed E-state index contributed by atoms with van der Waals surface area (Å²) in [5.74, 6) is 2.13. The average molecular weight is 314 g/mol. The van der Waals surface area contributed by atoms with Gasteiger partial charge in [-0.2, -0.15) is 0 Å². The minimum atomic E-state index is 0.555. The molecule has 2 rings (SSSR count). The molecule has 0 aliphatic rings. The first-order valence-corrected chi connectivity index (χ1v) is 7.69. The predicted molar refractivity (Wildman–Crippen MR) is 89.8 cm³/mol. The summed E-state index contributed by atoms with van der Waals surface area (Å²) in [4.78, 5) is 10.9. The van der Waals surface area contributed by atoms with Crippen LogP contribution in [0.2, 0.25) is 0 Å². The maximum absolute atomic E-state index is 10.9. The Morgan fingerprint density at radius 1 is 0.913 bits per heavy atom. The number of ether oxygens (including phenoxy) is 3. The molecule has 0 heterocycles. The van der Waals surface area contributed by atoms with Crippen LogP contribution >= 0.6 is 0 Å². The van der Waals surface area contributed by atoms with Gasteiger partial charge in [-0.1, -0.05) is 18.2 Å². The molecule has 4 nitrogen and oxygen atoms in total. The molecule has 2 aromatic carbocycles. The lowest BCUT2D eigenvalue weighted by Gasteiger charge is -2.11. The molecule has 122 valence electrons. The van der Waals surface area contributed by atoms with Gasteiger partial charge < -0.3 is 14.2 Å². The van der Waals surface area contributed by atoms with Gasteiger partial charge in [-0.05, 0) is 49.6 Å². The van der Waals surface area contributed by atoms with Crippen molar-refractivity contribution in [2.75, 3.05) is 20.3 Å². The maximum Gasteiger partial charge on any atom is 0.161 e. The standard InChI is InChI=1S/C19H22O4/c1-15-9-10-18(19(13-15)21-2)23-12-6-5-11-22-17-8-4-3-7-16(17)14-20/h3-4,7-10,13-14H,5-6,11-12H2,1-2H3. The van der Waals surface area contributed by atoms with Gasteiger partial charge in [-0.3, -0.25) is 4.79 Å². The highest BCUT2D eigenvalue weighted by Gasteiger charge is 2.04. The molecule has 2 aromatic rings. The topological polar surface area (TPSA) is 44.8 Å². The molecule has 0 fully saturated rings. The van der Waals surface area contributed by atoms with Crippen molar-refractivity contribution in [3.05, 3.63) is 53.6 Å². The molecule has 23 heavy (non-hydrogen) atoms. The zero-order valence-electron chi connectivity index (χ0n) is 13.6. The Labute approximate surface area is 137 Å². The summed E-state index contributed by atoms with van der Waals surface area (Å²) in [5.41, 5.74) is 1.71. The number of aldehydes is 1. The van der Waals surface area contributed by atoms with Crippen LogP contribution < -0.4 is 14.2 Å². The summed E-state index contributed by atoms with van der Waals surface area (Å²) in [6.45, 7) is 3.16. The van der Waals surface area contributed by atoms with Gasteiger partial charge in [-0.25, -0.2) is 0 Å². The first kappa shape index (κ1) is 16.9. The fraction of sp³-hybridized carbons (Fsp3) is 0.316. The van der Waals surface area contributed by atoms with Gasteiger partial charge in [0, 0.05) is 0 Å². The van der Waals surface area contributed by atoms with E-state index in [0.29, 0.717) is 24.5 Å². The molecule has 0 aromatic heterocycles. The van der Waals surface area contributed by atoms with Gasteiger partial charge in [0.2, 0.25) is 0 Å². The molecule has 0 aliphatic heterocycles. The number of benzene rings is 2. The highest BCUT2D eigenvalue weighted by Crippen LogP contribution is 2.27. The maximum atomic E-state index is 10.9. The van der Waals surface area contributed by atoms with E-state index in [9.17, 15) is 4.79 Å². The molecular formula is C19H22O4. The van der Waals surface area contributed by atoms with Crippen LogP contribution in [0, 0.1) is 6.92 Å². The molecular weight excluding hydrogens is 292 g/mol. The number of hydrogen-bond donors (Lipinski definition) is 0. The minimum absolute atomic E-state index is 0.555. The molecule has 0 unspecified atom stereocenters. The van der Waals surface area contributed by atoms with Gasteiger partial charge in [0.05, 0.1) is 25.9 Å². The van der Waals surface area contributed by atoms with Crippen molar-refractivity contribution in [2.24, 2.45) is 0 Å². The Morgan fingerprint density at radius 2 is 1.61 bits per heavy atom. The second-order valence-corrected chi connectivity index (χ2v) is 5.21. The van der Waals surface area contributed by atoms with Gasteiger partial charge in [-0.15, -0.1) is 0 Å². The monoisotopic (exact) mass is 314 g/mol. The lowest BCUT2D eigenvalue weighted by atomic mass is 10.2. The Morgan fingerprint density at radius 3 is 2.30 bits per heavy atom. The van der Waals surface area contributed by atoms with E-state index in [1.165, 1.54) is 0 Å². The number of methoxy groups -OCH3 is 1. The van der Waals surface area contributed by atoms with Crippen molar-refractivity contribution in [3.63, 3.8) is 0 Å². The summed E-state index contributed by atoms with van der Waals surface area (Å²) in [6, 6.07) is 13.1. The van der Waals surface area contributed by atoms with Crippen LogP contribution in [0.15, 0.2) is 42.5 Å². The van der Waals surface area contributed by atoms with Crippen LogP contribution in [-0.2, 0) is 0 Å². The molecule has 0 atom stereocenters. The Balaban J connectivity index is 1.71. The third-order valence-electron chi connectivity index (χ3n) is 3.42. The lowest BCUT2D eigenvalue weighted by Crippen LogP contribution is -2.04. The Bertz CT molecular complexity index is 637. The number of rotatable bonds is 9. The number of hydrogen-bond acceptors (Lipinski definition) is 4. The first-order chi connectivity index (χ1) is 11.2. The van der Waals surface area contributed by atoms with E-state index in [2.05, 4.69) is 0 Å². The van der Waals surface area contributed by atoms with E-state index in [0.717, 1.165) is 36.2 Å². The SMILES string of the molecule is COc1cc(C)ccc1OCCCCOc1ccccc1C=O. The van der Waals surface area contributed by atoms with Gasteiger partial charge in [0.1, 0.15) is 5.75 Å². The molecule has 0 N–H and O–H groups in total. The van der Waals surface area contributed by atoms with Crippen molar-refractivity contribution < 1.29 is 19.0 Å². The molecule has 0 saturated carbocycles. The summed E-state index contributed by atoms with van der Waals surface area (Å²) in [7, 11) is 1.64. The first-order valence-electron chi connectivity index (χ1n) is 7.69. The van der Waals surface area contributed by atoms with E-state index in [1.807, 2.05) is 37.3 Å². The van der Waals surface area contributed by atoms with Crippen molar-refractivity contribution in [1.29, 1.82) is 0 Å². The van der Waals surface area contributed by atoms with Crippen LogP contribution in [0.4, 0.5) is 0 Å². The van der Waals surface area contributed by atoms with Crippen LogP contribution in [-0.4, -0.2) is 26.6 Å². The molecule has 0 aliphatic carbocycles. The van der Waals surface area contributed by atoms with Gasteiger partial charge in [0.25, 0.3) is 0 Å². The molecule has 0 amide bonds. The second kappa shape index (κ2) is 8.83. The normalized spacial score (nSPS) is 10.2. The second-order valence-electron chi connectivity index (χ2n) is 5.21. The van der Waals surface area contributed by atoms with Crippen LogP contribution in [0.25, 0.3) is 0 Å². The zero-order chi connectivity index (χ0) is 16.5. The third-order valence-corrected chi connectivity index (χ3v) is 3.42. The average Bonchev–Trinajstić information content (AvgIpc) is 2.59. The zero-order valence-corrected chi connectivity index (χ0v) is 13.6. The number of carbonyl (C=O) groups excluding carboxylic acids is 1.